The Hall–Kier alpha value is -6.92. The Morgan fingerprint density at radius 2 is 0.968 bits per heavy atom. The van der Waals surface area contributed by atoms with Crippen molar-refractivity contribution in [3.8, 4) is 45.3 Å². The molecular weight excluding hydrogens is 864 g/mol. The smallest absolute Gasteiger partial charge is 0.340 e. The number of pyridine rings is 4. The number of halogens is 6. The van der Waals surface area contributed by atoms with Gasteiger partial charge in [-0.1, -0.05) is 102 Å². The summed E-state index contributed by atoms with van der Waals surface area (Å²) in [6.45, 7) is 0. The number of imidazole rings is 2. The highest BCUT2D eigenvalue weighted by atomic mass is 35.5. The first-order valence-electron chi connectivity index (χ1n) is 19.6. The number of aromatic amines is 2. The Bertz CT molecular complexity index is 3260. The number of alkyl halides is 3. The second-order valence-corrected chi connectivity index (χ2v) is 15.7. The van der Waals surface area contributed by atoms with Crippen molar-refractivity contribution in [2.75, 3.05) is 0 Å². The number of fused-ring (bicyclic) bond motifs is 2. The molecule has 310 valence electrons. The molecule has 0 saturated carbocycles. The summed E-state index contributed by atoms with van der Waals surface area (Å²) in [6.07, 6.45) is -0.0543. The van der Waals surface area contributed by atoms with Crippen molar-refractivity contribution in [3.63, 3.8) is 0 Å². The summed E-state index contributed by atoms with van der Waals surface area (Å²) in [5.74, 6) is 1.35. The lowest BCUT2D eigenvalue weighted by atomic mass is 10.1. The fraction of sp³-hybridized carbons (Fsp3) is 0.0612. The highest BCUT2D eigenvalue weighted by Crippen LogP contribution is 2.35. The number of nitrogens with zero attached hydrogens (tertiary/aromatic N) is 6. The minimum Gasteiger partial charge on any atom is -0.340 e. The highest BCUT2D eigenvalue weighted by Gasteiger charge is 2.30. The standard InChI is InChI=1S/C25H16ClF3N4.C24H16Cl2N4/c26-21-8-2-7-20(31-21)24-23(17-9-10-19-16(14-17)5-3-11-30-19)32-22(33-24)13-15-4-1-6-18(12-15)25(27,28)29;25-18-6-1-4-15(12-18)13-22-29-23(24(30-22)20-7-2-8-21(26)28-20)17-9-10-19-16(14-17)5-3-11-27-19/h1-12,14H,13H2,(H,32,33);1-12,14H,13H2,(H,29,30). The van der Waals surface area contributed by atoms with Crippen molar-refractivity contribution in [2.45, 2.75) is 19.0 Å². The molecule has 0 aliphatic heterocycles. The van der Waals surface area contributed by atoms with Crippen LogP contribution in [0.1, 0.15) is 28.3 Å². The second kappa shape index (κ2) is 17.8. The highest BCUT2D eigenvalue weighted by molar-refractivity contribution is 6.30. The molecule has 10 aromatic rings. The molecule has 10 rings (SSSR count). The van der Waals surface area contributed by atoms with Gasteiger partial charge in [0.25, 0.3) is 0 Å². The number of hydrogen-bond donors (Lipinski definition) is 2. The van der Waals surface area contributed by atoms with Gasteiger partial charge in [0.05, 0.1) is 50.8 Å². The summed E-state index contributed by atoms with van der Waals surface area (Å²) in [4.78, 5) is 34.0. The molecular formula is C49H32Cl3F3N8. The van der Waals surface area contributed by atoms with Crippen LogP contribution >= 0.6 is 34.8 Å². The van der Waals surface area contributed by atoms with Crippen molar-refractivity contribution in [1.29, 1.82) is 0 Å². The fourth-order valence-corrected chi connectivity index (χ4v) is 7.77. The van der Waals surface area contributed by atoms with Crippen LogP contribution in [-0.4, -0.2) is 39.9 Å². The zero-order valence-electron chi connectivity index (χ0n) is 32.9. The van der Waals surface area contributed by atoms with E-state index in [4.69, 9.17) is 44.8 Å². The van der Waals surface area contributed by atoms with E-state index in [2.05, 4.69) is 36.0 Å². The molecule has 0 spiro atoms. The van der Waals surface area contributed by atoms with Gasteiger partial charge in [-0.2, -0.15) is 13.2 Å². The average molecular weight is 896 g/mol. The van der Waals surface area contributed by atoms with E-state index in [1.165, 1.54) is 6.07 Å². The van der Waals surface area contributed by atoms with Crippen molar-refractivity contribution in [1.82, 2.24) is 39.9 Å². The predicted molar refractivity (Wildman–Crippen MR) is 244 cm³/mol. The first kappa shape index (κ1) is 41.4. The van der Waals surface area contributed by atoms with Gasteiger partial charge in [-0.05, 0) is 90.0 Å². The molecule has 0 bridgehead atoms. The number of aromatic nitrogens is 8. The largest absolute Gasteiger partial charge is 0.416 e. The van der Waals surface area contributed by atoms with E-state index in [-0.39, 0.29) is 6.42 Å². The molecule has 8 nitrogen and oxygen atoms in total. The molecule has 6 aromatic heterocycles. The zero-order valence-corrected chi connectivity index (χ0v) is 35.1. The van der Waals surface area contributed by atoms with Gasteiger partial charge in [0.1, 0.15) is 22.0 Å². The van der Waals surface area contributed by atoms with Crippen LogP contribution in [0.2, 0.25) is 15.3 Å². The van der Waals surface area contributed by atoms with Gasteiger partial charge in [-0.25, -0.2) is 19.9 Å². The summed E-state index contributed by atoms with van der Waals surface area (Å²) in [5, 5.41) is 3.47. The summed E-state index contributed by atoms with van der Waals surface area (Å²) < 4.78 is 39.4. The SMILES string of the molecule is Clc1cccc(Cc2nc(-c3ccc4ncccc4c3)c(-c3cccc(Cl)n3)[nH]2)c1.FC(F)(F)c1cccc(Cc2nc(-c3ccc4ncccc4c3)c(-c3cccc(Cl)n3)[nH]2)c1. The van der Waals surface area contributed by atoms with Crippen molar-refractivity contribution >= 4 is 56.6 Å². The van der Waals surface area contributed by atoms with Crippen LogP contribution in [-0.2, 0) is 19.0 Å². The molecule has 63 heavy (non-hydrogen) atoms. The van der Waals surface area contributed by atoms with Crippen LogP contribution in [0, 0.1) is 0 Å². The number of nitrogens with one attached hydrogen (secondary N) is 2. The molecule has 2 N–H and O–H groups in total. The lowest BCUT2D eigenvalue weighted by molar-refractivity contribution is -0.137. The average Bonchev–Trinajstić information content (AvgIpc) is 3.91. The summed E-state index contributed by atoms with van der Waals surface area (Å²) in [6, 6.07) is 43.6. The Balaban J connectivity index is 0.000000161. The van der Waals surface area contributed by atoms with Crippen LogP contribution < -0.4 is 0 Å². The maximum Gasteiger partial charge on any atom is 0.416 e. The molecule has 0 aliphatic carbocycles. The van der Waals surface area contributed by atoms with Crippen LogP contribution in [0.3, 0.4) is 0 Å². The van der Waals surface area contributed by atoms with E-state index in [9.17, 15) is 13.2 Å². The predicted octanol–water partition coefficient (Wildman–Crippen LogP) is 13.5. The molecule has 0 radical (unpaired) electrons. The van der Waals surface area contributed by atoms with E-state index < -0.39 is 11.7 Å². The van der Waals surface area contributed by atoms with Gasteiger partial charge in [-0.3, -0.25) is 9.97 Å². The lowest BCUT2D eigenvalue weighted by Crippen LogP contribution is -2.05. The van der Waals surface area contributed by atoms with Gasteiger partial charge >= 0.3 is 6.18 Å². The minimum absolute atomic E-state index is 0.201. The monoisotopic (exact) mass is 894 g/mol. The van der Waals surface area contributed by atoms with Gasteiger partial charge < -0.3 is 9.97 Å². The van der Waals surface area contributed by atoms with E-state index in [1.54, 1.807) is 42.7 Å². The summed E-state index contributed by atoms with van der Waals surface area (Å²) in [7, 11) is 0. The minimum atomic E-state index is -4.40. The molecule has 4 aromatic carbocycles. The maximum absolute atomic E-state index is 13.1. The third-order valence-corrected chi connectivity index (χ3v) is 10.7. The van der Waals surface area contributed by atoms with Crippen LogP contribution in [0.5, 0.6) is 0 Å². The van der Waals surface area contributed by atoms with E-state index in [1.807, 2.05) is 91.0 Å². The van der Waals surface area contributed by atoms with Crippen molar-refractivity contribution in [3.05, 3.63) is 202 Å². The van der Waals surface area contributed by atoms with Crippen molar-refractivity contribution < 1.29 is 13.2 Å². The van der Waals surface area contributed by atoms with Crippen LogP contribution in [0.15, 0.2) is 158 Å². The molecule has 0 atom stereocenters. The van der Waals surface area contributed by atoms with E-state index in [0.29, 0.717) is 50.2 Å². The quantitative estimate of drug-likeness (QED) is 0.147. The van der Waals surface area contributed by atoms with Crippen molar-refractivity contribution in [2.24, 2.45) is 0 Å². The number of rotatable bonds is 8. The molecule has 0 aliphatic rings. The molecule has 14 heteroatoms. The number of benzene rings is 4. The molecule has 0 amide bonds. The third kappa shape index (κ3) is 9.61. The number of H-pyrrole nitrogens is 2. The fourth-order valence-electron chi connectivity index (χ4n) is 7.23. The van der Waals surface area contributed by atoms with E-state index >= 15 is 0 Å². The zero-order chi connectivity index (χ0) is 43.5. The first-order chi connectivity index (χ1) is 30.5. The Morgan fingerprint density at radius 3 is 1.46 bits per heavy atom. The summed E-state index contributed by atoms with van der Waals surface area (Å²) >= 11 is 18.4. The second-order valence-electron chi connectivity index (χ2n) is 14.5. The first-order valence-corrected chi connectivity index (χ1v) is 20.7. The summed E-state index contributed by atoms with van der Waals surface area (Å²) in [5.41, 5.74) is 8.77. The molecule has 6 heterocycles. The Morgan fingerprint density at radius 1 is 0.476 bits per heavy atom. The Kier molecular flexibility index (Phi) is 11.7. The number of hydrogen-bond acceptors (Lipinski definition) is 6. The van der Waals surface area contributed by atoms with Gasteiger partial charge in [0, 0.05) is 52.2 Å². The maximum atomic E-state index is 13.1. The molecule has 0 fully saturated rings. The third-order valence-electron chi connectivity index (χ3n) is 10.1. The topological polar surface area (TPSA) is 109 Å². The molecule has 0 unspecified atom stereocenters. The van der Waals surface area contributed by atoms with Gasteiger partial charge in [0.15, 0.2) is 0 Å². The lowest BCUT2D eigenvalue weighted by Gasteiger charge is -2.07. The van der Waals surface area contributed by atoms with Gasteiger partial charge in [0.2, 0.25) is 0 Å². The molecule has 0 saturated heterocycles. The normalized spacial score (nSPS) is 11.5. The van der Waals surface area contributed by atoms with Gasteiger partial charge in [-0.15, -0.1) is 0 Å². The van der Waals surface area contributed by atoms with E-state index in [0.717, 1.165) is 73.5 Å². The van der Waals surface area contributed by atoms with Crippen LogP contribution in [0.25, 0.3) is 67.1 Å². The Labute approximate surface area is 373 Å². The van der Waals surface area contributed by atoms with Crippen LogP contribution in [0.4, 0.5) is 13.2 Å².